The van der Waals surface area contributed by atoms with Crippen LogP contribution in [0.25, 0.3) is 11.0 Å². The number of amides is 2. The molecule has 1 aromatic carbocycles. The Morgan fingerprint density at radius 2 is 2.00 bits per heavy atom. The van der Waals surface area contributed by atoms with Crippen molar-refractivity contribution >= 4 is 22.8 Å². The van der Waals surface area contributed by atoms with Crippen LogP contribution in [0.5, 0.6) is 0 Å². The highest BCUT2D eigenvalue weighted by Crippen LogP contribution is 2.26. The molecule has 0 spiro atoms. The van der Waals surface area contributed by atoms with Gasteiger partial charge in [0.1, 0.15) is 17.4 Å². The monoisotopic (exact) mass is 305 g/mol. The molecule has 3 rings (SSSR count). The Bertz CT molecular complexity index is 834. The summed E-state index contributed by atoms with van der Waals surface area (Å²) in [5, 5.41) is 2.23. The number of rotatable bonds is 2. The maximum absolute atomic E-state index is 14.2. The van der Waals surface area contributed by atoms with E-state index in [1.54, 1.807) is 19.9 Å². The van der Waals surface area contributed by atoms with Gasteiger partial charge in [-0.25, -0.2) is 9.18 Å². The molecule has 1 saturated heterocycles. The van der Waals surface area contributed by atoms with E-state index in [0.29, 0.717) is 5.52 Å². The van der Waals surface area contributed by atoms with Crippen molar-refractivity contribution in [2.75, 3.05) is 0 Å². The first-order valence-electron chi connectivity index (χ1n) is 7.16. The number of aromatic nitrogens is 2. The third-order valence-electron chi connectivity index (χ3n) is 3.92. The topological polar surface area (TPSA) is 73.1 Å². The lowest BCUT2D eigenvalue weighted by Gasteiger charge is -2.21. The van der Waals surface area contributed by atoms with Crippen LogP contribution >= 0.6 is 0 Å². The largest absolute Gasteiger partial charge is 0.330 e. The highest BCUT2D eigenvalue weighted by atomic mass is 19.1. The van der Waals surface area contributed by atoms with Crippen molar-refractivity contribution in [3.8, 4) is 0 Å². The molecule has 2 amide bonds. The molecular weight excluding hydrogens is 289 g/mol. The number of halogens is 1. The molecule has 1 fully saturated rings. The maximum Gasteiger partial charge on any atom is 0.330 e. The van der Waals surface area contributed by atoms with Crippen molar-refractivity contribution in [3.63, 3.8) is 0 Å². The van der Waals surface area contributed by atoms with Crippen molar-refractivity contribution < 1.29 is 14.0 Å². The van der Waals surface area contributed by atoms with E-state index in [-0.39, 0.29) is 30.3 Å². The van der Waals surface area contributed by atoms with E-state index in [1.165, 1.54) is 21.3 Å². The number of hydrogen-bond donors (Lipinski definition) is 1. The maximum atomic E-state index is 14.2. The highest BCUT2D eigenvalue weighted by molar-refractivity contribution is 6.00. The molecule has 6 nitrogen and oxygen atoms in total. The highest BCUT2D eigenvalue weighted by Gasteiger charge is 2.32. The van der Waals surface area contributed by atoms with Gasteiger partial charge in [0.05, 0.1) is 5.52 Å². The molecule has 1 aromatic heterocycles. The summed E-state index contributed by atoms with van der Waals surface area (Å²) < 4.78 is 16.8. The molecule has 1 aliphatic heterocycles. The standard InChI is InChI=1S/C15H16FN3O3/c1-8(2)18-13-9(16)4-3-5-10(13)19(15(18)22)11-6-7-12(20)17-14(11)21/h3-5,8,11H,6-7H2,1-2H3,(H,17,20,21). The zero-order valence-electron chi connectivity index (χ0n) is 12.3. The number of para-hydroxylation sites is 1. The van der Waals surface area contributed by atoms with Crippen LogP contribution in [-0.2, 0) is 9.59 Å². The Balaban J connectivity index is 2.29. The van der Waals surface area contributed by atoms with Crippen LogP contribution in [0.15, 0.2) is 23.0 Å². The molecule has 0 bridgehead atoms. The van der Waals surface area contributed by atoms with Gasteiger partial charge in [0, 0.05) is 12.5 Å². The summed E-state index contributed by atoms with van der Waals surface area (Å²) in [5.74, 6) is -1.38. The van der Waals surface area contributed by atoms with E-state index >= 15 is 0 Å². The first-order chi connectivity index (χ1) is 10.4. The van der Waals surface area contributed by atoms with Crippen LogP contribution in [0, 0.1) is 5.82 Å². The minimum absolute atomic E-state index is 0.159. The van der Waals surface area contributed by atoms with Gasteiger partial charge in [-0.05, 0) is 32.4 Å². The minimum Gasteiger partial charge on any atom is -0.295 e. The van der Waals surface area contributed by atoms with Crippen LogP contribution in [0.1, 0.15) is 38.8 Å². The van der Waals surface area contributed by atoms with Gasteiger partial charge < -0.3 is 0 Å². The molecule has 116 valence electrons. The Morgan fingerprint density at radius 1 is 1.27 bits per heavy atom. The summed E-state index contributed by atoms with van der Waals surface area (Å²) in [6, 6.07) is 3.36. The molecule has 1 unspecified atom stereocenters. The van der Waals surface area contributed by atoms with Gasteiger partial charge in [-0.3, -0.25) is 24.0 Å². The SMILES string of the molecule is CC(C)n1c(=O)n(C2CCC(=O)NC2=O)c2cccc(F)c21. The fourth-order valence-corrected chi connectivity index (χ4v) is 2.96. The number of hydrogen-bond acceptors (Lipinski definition) is 3. The third-order valence-corrected chi connectivity index (χ3v) is 3.92. The molecule has 1 aliphatic rings. The van der Waals surface area contributed by atoms with Gasteiger partial charge >= 0.3 is 5.69 Å². The number of fused-ring (bicyclic) bond motifs is 1. The number of carbonyl (C=O) groups excluding carboxylic acids is 2. The van der Waals surface area contributed by atoms with Crippen LogP contribution in [0.4, 0.5) is 4.39 Å². The lowest BCUT2D eigenvalue weighted by molar-refractivity contribution is -0.135. The second-order valence-electron chi connectivity index (χ2n) is 5.69. The van der Waals surface area contributed by atoms with Gasteiger partial charge in [0.2, 0.25) is 11.8 Å². The van der Waals surface area contributed by atoms with Crippen molar-refractivity contribution in [2.45, 2.75) is 38.8 Å². The van der Waals surface area contributed by atoms with E-state index in [4.69, 9.17) is 0 Å². The molecule has 2 heterocycles. The molecule has 0 aliphatic carbocycles. The van der Waals surface area contributed by atoms with Crippen molar-refractivity contribution in [1.29, 1.82) is 0 Å². The summed E-state index contributed by atoms with van der Waals surface area (Å²) in [6.07, 6.45) is 0.394. The number of piperidine rings is 1. The van der Waals surface area contributed by atoms with E-state index in [2.05, 4.69) is 5.32 Å². The molecule has 7 heteroatoms. The number of benzene rings is 1. The van der Waals surface area contributed by atoms with Crippen molar-refractivity contribution in [3.05, 3.63) is 34.5 Å². The Morgan fingerprint density at radius 3 is 2.64 bits per heavy atom. The van der Waals surface area contributed by atoms with Gasteiger partial charge in [0.15, 0.2) is 0 Å². The van der Waals surface area contributed by atoms with E-state index in [1.807, 2.05) is 0 Å². The van der Waals surface area contributed by atoms with Crippen molar-refractivity contribution in [2.24, 2.45) is 0 Å². The van der Waals surface area contributed by atoms with Gasteiger partial charge in [-0.2, -0.15) is 0 Å². The normalized spacial score (nSPS) is 19.0. The van der Waals surface area contributed by atoms with Gasteiger partial charge in [0.25, 0.3) is 0 Å². The average Bonchev–Trinajstić information content (AvgIpc) is 2.73. The summed E-state index contributed by atoms with van der Waals surface area (Å²) >= 11 is 0. The molecule has 2 aromatic rings. The fraction of sp³-hybridized carbons (Fsp3) is 0.400. The summed E-state index contributed by atoms with van der Waals surface area (Å²) in [6.45, 7) is 3.56. The number of nitrogens with zero attached hydrogens (tertiary/aromatic N) is 2. The summed E-state index contributed by atoms with van der Waals surface area (Å²) in [7, 11) is 0. The fourth-order valence-electron chi connectivity index (χ4n) is 2.96. The molecule has 1 N–H and O–H groups in total. The Hall–Kier alpha value is -2.44. The van der Waals surface area contributed by atoms with E-state index in [0.717, 1.165) is 0 Å². The van der Waals surface area contributed by atoms with Crippen LogP contribution in [-0.4, -0.2) is 20.9 Å². The number of imide groups is 1. The molecule has 22 heavy (non-hydrogen) atoms. The average molecular weight is 305 g/mol. The predicted molar refractivity (Wildman–Crippen MR) is 78.0 cm³/mol. The number of imidazole rings is 1. The van der Waals surface area contributed by atoms with Crippen molar-refractivity contribution in [1.82, 2.24) is 14.5 Å². The lowest BCUT2D eigenvalue weighted by atomic mass is 10.1. The molecular formula is C15H16FN3O3. The third kappa shape index (κ3) is 2.04. The van der Waals surface area contributed by atoms with E-state index < -0.39 is 23.5 Å². The minimum atomic E-state index is -0.797. The smallest absolute Gasteiger partial charge is 0.295 e. The number of carbonyl (C=O) groups is 2. The summed E-state index contributed by atoms with van der Waals surface area (Å²) in [5.41, 5.74) is 0.116. The Labute approximate surface area is 125 Å². The first kappa shape index (κ1) is 14.5. The van der Waals surface area contributed by atoms with Crippen LogP contribution in [0.3, 0.4) is 0 Å². The Kier molecular flexibility index (Phi) is 3.35. The van der Waals surface area contributed by atoms with Crippen LogP contribution in [0.2, 0.25) is 0 Å². The second-order valence-corrected chi connectivity index (χ2v) is 5.69. The second kappa shape index (κ2) is 5.08. The van der Waals surface area contributed by atoms with Gasteiger partial charge in [-0.15, -0.1) is 0 Å². The summed E-state index contributed by atoms with van der Waals surface area (Å²) in [4.78, 5) is 36.1. The zero-order valence-corrected chi connectivity index (χ0v) is 12.3. The zero-order chi connectivity index (χ0) is 16.0. The van der Waals surface area contributed by atoms with E-state index in [9.17, 15) is 18.8 Å². The molecule has 0 radical (unpaired) electrons. The first-order valence-corrected chi connectivity index (χ1v) is 7.16. The predicted octanol–water partition coefficient (Wildman–Crippen LogP) is 1.50. The quantitative estimate of drug-likeness (QED) is 0.855. The number of nitrogens with one attached hydrogen (secondary N) is 1. The van der Waals surface area contributed by atoms with Crippen LogP contribution < -0.4 is 11.0 Å². The van der Waals surface area contributed by atoms with Gasteiger partial charge in [-0.1, -0.05) is 6.07 Å². The lowest BCUT2D eigenvalue weighted by Crippen LogP contribution is -2.44. The molecule has 1 atom stereocenters. The molecule has 0 saturated carbocycles.